The van der Waals surface area contributed by atoms with Gasteiger partial charge in [0.05, 0.1) is 24.7 Å². The van der Waals surface area contributed by atoms with Crippen molar-refractivity contribution in [2.24, 2.45) is 0 Å². The summed E-state index contributed by atoms with van der Waals surface area (Å²) in [7, 11) is -2.97. The van der Waals surface area contributed by atoms with Gasteiger partial charge >= 0.3 is 6.03 Å². The first-order valence-corrected chi connectivity index (χ1v) is 8.87. The van der Waals surface area contributed by atoms with Crippen molar-refractivity contribution in [3.63, 3.8) is 0 Å². The van der Waals surface area contributed by atoms with Gasteiger partial charge in [-0.2, -0.15) is 0 Å². The molecule has 2 fully saturated rings. The molecule has 0 spiro atoms. The number of rotatable bonds is 3. The molecular formula is C13H22N2O4S. The van der Waals surface area contributed by atoms with Gasteiger partial charge < -0.3 is 15.0 Å². The Labute approximate surface area is 120 Å². The monoisotopic (exact) mass is 302 g/mol. The first kappa shape index (κ1) is 15.3. The van der Waals surface area contributed by atoms with Crippen LogP contribution in [0.1, 0.15) is 26.2 Å². The van der Waals surface area contributed by atoms with E-state index < -0.39 is 9.84 Å². The molecule has 0 aromatic rings. The van der Waals surface area contributed by atoms with Crippen molar-refractivity contribution in [1.82, 2.24) is 10.2 Å². The quantitative estimate of drug-likeness (QED) is 0.840. The number of hydrogen-bond donors (Lipinski definition) is 1. The zero-order valence-corrected chi connectivity index (χ0v) is 12.6. The molecule has 114 valence electrons. The van der Waals surface area contributed by atoms with Gasteiger partial charge in [0.2, 0.25) is 0 Å². The average Bonchev–Trinajstić information content (AvgIpc) is 2.78. The van der Waals surface area contributed by atoms with E-state index in [1.54, 1.807) is 11.1 Å². The average molecular weight is 302 g/mol. The van der Waals surface area contributed by atoms with Gasteiger partial charge in [-0.15, -0.1) is 0 Å². The van der Waals surface area contributed by atoms with Gasteiger partial charge in [0.15, 0.2) is 9.84 Å². The van der Waals surface area contributed by atoms with E-state index >= 15 is 0 Å². The Hall–Kier alpha value is -1.08. The fraction of sp³-hybridized carbons (Fsp3) is 0.769. The summed E-state index contributed by atoms with van der Waals surface area (Å²) in [5.74, 6) is 0.262. The van der Waals surface area contributed by atoms with E-state index in [1.807, 2.05) is 6.92 Å². The second-order valence-corrected chi connectivity index (χ2v) is 7.44. The van der Waals surface area contributed by atoms with Crippen LogP contribution < -0.4 is 5.32 Å². The molecule has 7 heteroatoms. The molecule has 0 aromatic carbocycles. The predicted octanol–water partition coefficient (Wildman–Crippen LogP) is 0.899. The van der Waals surface area contributed by atoms with E-state index in [4.69, 9.17) is 4.74 Å². The van der Waals surface area contributed by atoms with Gasteiger partial charge in [-0.1, -0.05) is 0 Å². The van der Waals surface area contributed by atoms with Crippen molar-refractivity contribution >= 4 is 15.9 Å². The lowest BCUT2D eigenvalue weighted by molar-refractivity contribution is 0.118. The molecule has 1 unspecified atom stereocenters. The number of nitrogens with one attached hydrogen (secondary N) is 1. The van der Waals surface area contributed by atoms with E-state index in [9.17, 15) is 13.2 Å². The third kappa shape index (κ3) is 3.96. The van der Waals surface area contributed by atoms with Crippen molar-refractivity contribution in [3.05, 3.63) is 11.8 Å². The molecule has 0 radical (unpaired) electrons. The maximum absolute atomic E-state index is 12.2. The smallest absolute Gasteiger partial charge is 0.321 e. The standard InChI is InChI=1S/C13H22N2O4S/c1-2-15(12-5-8-20(17,18)10-12)13(16)14-9-11-3-6-19-7-4-11/h9,12H,2-8,10H2,1H3,(H,14,16). The van der Waals surface area contributed by atoms with Crippen molar-refractivity contribution in [1.29, 1.82) is 0 Å². The van der Waals surface area contributed by atoms with E-state index in [2.05, 4.69) is 5.32 Å². The fourth-order valence-corrected chi connectivity index (χ4v) is 4.34. The van der Waals surface area contributed by atoms with Crippen LogP contribution in [-0.2, 0) is 14.6 Å². The van der Waals surface area contributed by atoms with E-state index in [0.717, 1.165) is 12.8 Å². The summed E-state index contributed by atoms with van der Waals surface area (Å²) in [6.07, 6.45) is 3.96. The van der Waals surface area contributed by atoms with E-state index in [0.29, 0.717) is 26.2 Å². The van der Waals surface area contributed by atoms with Gasteiger partial charge in [0.1, 0.15) is 0 Å². The highest BCUT2D eigenvalue weighted by Crippen LogP contribution is 2.18. The molecule has 2 aliphatic heterocycles. The summed E-state index contributed by atoms with van der Waals surface area (Å²) in [4.78, 5) is 13.8. The topological polar surface area (TPSA) is 75.7 Å². The first-order chi connectivity index (χ1) is 9.52. The number of urea groups is 1. The van der Waals surface area contributed by atoms with Crippen molar-refractivity contribution in [2.75, 3.05) is 31.3 Å². The Morgan fingerprint density at radius 2 is 2.15 bits per heavy atom. The summed E-state index contributed by atoms with van der Waals surface area (Å²) < 4.78 is 28.3. The van der Waals surface area contributed by atoms with Gasteiger partial charge in [-0.3, -0.25) is 0 Å². The first-order valence-electron chi connectivity index (χ1n) is 7.05. The number of carbonyl (C=O) groups excluding carboxylic acids is 1. The largest absolute Gasteiger partial charge is 0.381 e. The Morgan fingerprint density at radius 1 is 1.45 bits per heavy atom. The second kappa shape index (κ2) is 6.58. The Kier molecular flexibility index (Phi) is 5.04. The predicted molar refractivity (Wildman–Crippen MR) is 76.1 cm³/mol. The molecule has 0 aromatic heterocycles. The molecule has 1 atom stereocenters. The summed E-state index contributed by atoms with van der Waals surface area (Å²) in [5.41, 5.74) is 1.17. The molecule has 0 aliphatic carbocycles. The van der Waals surface area contributed by atoms with E-state index in [-0.39, 0.29) is 23.6 Å². The zero-order chi connectivity index (χ0) is 14.6. The van der Waals surface area contributed by atoms with Gasteiger partial charge in [0.25, 0.3) is 0 Å². The van der Waals surface area contributed by atoms with Crippen LogP contribution >= 0.6 is 0 Å². The molecule has 2 rings (SSSR count). The molecule has 6 nitrogen and oxygen atoms in total. The number of hydrogen-bond acceptors (Lipinski definition) is 4. The Morgan fingerprint density at radius 3 is 2.70 bits per heavy atom. The van der Waals surface area contributed by atoms with Crippen LogP contribution in [0.3, 0.4) is 0 Å². The van der Waals surface area contributed by atoms with Crippen molar-refractivity contribution in [3.8, 4) is 0 Å². The normalized spacial score (nSPS) is 25.2. The number of carbonyl (C=O) groups is 1. The lowest BCUT2D eigenvalue weighted by Gasteiger charge is -2.26. The number of amides is 2. The van der Waals surface area contributed by atoms with Crippen LogP contribution in [0.15, 0.2) is 11.8 Å². The minimum Gasteiger partial charge on any atom is -0.381 e. The van der Waals surface area contributed by atoms with Gasteiger partial charge in [0, 0.05) is 18.8 Å². The second-order valence-electron chi connectivity index (χ2n) is 5.21. The minimum absolute atomic E-state index is 0.0820. The maximum Gasteiger partial charge on any atom is 0.321 e. The molecule has 2 aliphatic rings. The zero-order valence-electron chi connectivity index (χ0n) is 11.8. The van der Waals surface area contributed by atoms with Gasteiger partial charge in [-0.05, 0) is 31.8 Å². The minimum atomic E-state index is -2.97. The summed E-state index contributed by atoms with van der Waals surface area (Å²) in [5, 5.41) is 2.78. The fourth-order valence-electron chi connectivity index (χ4n) is 2.61. The maximum atomic E-state index is 12.2. The molecular weight excluding hydrogens is 280 g/mol. The number of nitrogens with zero attached hydrogens (tertiary/aromatic N) is 1. The molecule has 2 heterocycles. The summed E-state index contributed by atoms with van der Waals surface area (Å²) in [6.45, 7) is 3.77. The van der Waals surface area contributed by atoms with Crippen LogP contribution in [0.4, 0.5) is 4.79 Å². The SMILES string of the molecule is CCN(C(=O)NC=C1CCOCC1)C1CCS(=O)(=O)C1. The lowest BCUT2D eigenvalue weighted by Crippen LogP contribution is -2.45. The molecule has 2 saturated heterocycles. The van der Waals surface area contributed by atoms with Crippen molar-refractivity contribution in [2.45, 2.75) is 32.2 Å². The lowest BCUT2D eigenvalue weighted by atomic mass is 10.1. The third-order valence-electron chi connectivity index (χ3n) is 3.79. The molecule has 1 N–H and O–H groups in total. The summed E-state index contributed by atoms with van der Waals surface area (Å²) >= 11 is 0. The number of sulfone groups is 1. The van der Waals surface area contributed by atoms with E-state index in [1.165, 1.54) is 5.57 Å². The Bertz CT molecular complexity index is 479. The molecule has 2 amide bonds. The van der Waals surface area contributed by atoms with Crippen LogP contribution in [-0.4, -0.2) is 56.7 Å². The molecule has 0 saturated carbocycles. The Balaban J connectivity index is 1.92. The highest BCUT2D eigenvalue weighted by molar-refractivity contribution is 7.91. The van der Waals surface area contributed by atoms with Crippen LogP contribution in [0.25, 0.3) is 0 Å². The third-order valence-corrected chi connectivity index (χ3v) is 5.54. The highest BCUT2D eigenvalue weighted by atomic mass is 32.2. The molecule has 20 heavy (non-hydrogen) atoms. The molecule has 0 bridgehead atoms. The van der Waals surface area contributed by atoms with Crippen LogP contribution in [0.2, 0.25) is 0 Å². The van der Waals surface area contributed by atoms with Gasteiger partial charge in [-0.25, -0.2) is 13.2 Å². The van der Waals surface area contributed by atoms with Crippen LogP contribution in [0.5, 0.6) is 0 Å². The number of ether oxygens (including phenoxy) is 1. The van der Waals surface area contributed by atoms with Crippen molar-refractivity contribution < 1.29 is 17.9 Å². The van der Waals surface area contributed by atoms with Crippen LogP contribution in [0, 0.1) is 0 Å². The summed E-state index contributed by atoms with van der Waals surface area (Å²) in [6, 6.07) is -0.410. The highest BCUT2D eigenvalue weighted by Gasteiger charge is 2.33.